The van der Waals surface area contributed by atoms with Gasteiger partial charge in [-0.2, -0.15) is 0 Å². The van der Waals surface area contributed by atoms with E-state index in [9.17, 15) is 0 Å². The molecule has 3 N–H and O–H groups in total. The van der Waals surface area contributed by atoms with Gasteiger partial charge in [0.15, 0.2) is 5.11 Å². The summed E-state index contributed by atoms with van der Waals surface area (Å²) in [5.74, 6) is 0. The van der Waals surface area contributed by atoms with E-state index >= 15 is 0 Å². The molecule has 0 aliphatic heterocycles. The molecule has 0 saturated heterocycles. The van der Waals surface area contributed by atoms with Crippen molar-refractivity contribution in [3.8, 4) is 0 Å². The largest absolute Gasteiger partial charge is 0.356 e. The van der Waals surface area contributed by atoms with E-state index in [1.165, 1.54) is 10.5 Å². The molecule has 0 amide bonds. The highest BCUT2D eigenvalue weighted by molar-refractivity contribution is 7.80. The first-order chi connectivity index (χ1) is 11.0. The molecule has 2 aromatic carbocycles. The molecule has 3 nitrogen and oxygen atoms in total. The lowest BCUT2D eigenvalue weighted by atomic mass is 10.1. The van der Waals surface area contributed by atoms with Gasteiger partial charge in [-0.1, -0.05) is 41.9 Å². The van der Waals surface area contributed by atoms with Crippen molar-refractivity contribution in [3.05, 3.63) is 64.7 Å². The summed E-state index contributed by atoms with van der Waals surface area (Å²) in [6.07, 6.45) is 0. The fraction of sp³-hybridized carbons (Fsp3) is 0.278. The summed E-state index contributed by atoms with van der Waals surface area (Å²) in [4.78, 5) is 1.30. The number of quaternary nitrogens is 1. The van der Waals surface area contributed by atoms with E-state index in [0.717, 1.165) is 16.3 Å². The van der Waals surface area contributed by atoms with Crippen molar-refractivity contribution in [3.63, 3.8) is 0 Å². The molecule has 5 heteroatoms. The summed E-state index contributed by atoms with van der Waals surface area (Å²) < 4.78 is 0. The zero-order valence-electron chi connectivity index (χ0n) is 13.7. The molecule has 23 heavy (non-hydrogen) atoms. The van der Waals surface area contributed by atoms with Crippen molar-refractivity contribution in [1.29, 1.82) is 0 Å². The van der Waals surface area contributed by atoms with Gasteiger partial charge in [0.25, 0.3) is 0 Å². The Labute approximate surface area is 148 Å². The van der Waals surface area contributed by atoms with Gasteiger partial charge < -0.3 is 15.5 Å². The topological polar surface area (TPSA) is 28.5 Å². The second-order valence-corrected chi connectivity index (χ2v) is 6.67. The molecule has 0 heterocycles. The second kappa shape index (κ2) is 8.29. The zero-order chi connectivity index (χ0) is 16.8. The third-order valence-corrected chi connectivity index (χ3v) is 4.31. The number of halogens is 1. The fourth-order valence-corrected chi connectivity index (χ4v) is 2.94. The van der Waals surface area contributed by atoms with Crippen LogP contribution in [0.5, 0.6) is 0 Å². The number of likely N-dealkylation sites (N-methyl/N-ethyl adjacent to an activating group) is 1. The molecule has 0 unspecified atom stereocenters. The SMILES string of the molecule is Cc1cccc(NC(=S)NC[C@@H](c2ccccc2Cl)[NH+](C)C)c1. The number of hydrogen-bond acceptors (Lipinski definition) is 1. The van der Waals surface area contributed by atoms with Gasteiger partial charge in [0.05, 0.1) is 20.6 Å². The highest BCUT2D eigenvalue weighted by Crippen LogP contribution is 2.20. The van der Waals surface area contributed by atoms with E-state index in [1.54, 1.807) is 0 Å². The molecular weight excluding hydrogens is 326 g/mol. The first-order valence-electron chi connectivity index (χ1n) is 7.63. The fourth-order valence-electron chi connectivity index (χ4n) is 2.48. The summed E-state index contributed by atoms with van der Waals surface area (Å²) in [6, 6.07) is 16.3. The van der Waals surface area contributed by atoms with Crippen molar-refractivity contribution < 1.29 is 4.90 Å². The zero-order valence-corrected chi connectivity index (χ0v) is 15.3. The van der Waals surface area contributed by atoms with Crippen LogP contribution < -0.4 is 15.5 Å². The quantitative estimate of drug-likeness (QED) is 0.726. The van der Waals surface area contributed by atoms with Crippen molar-refractivity contribution >= 4 is 34.6 Å². The van der Waals surface area contributed by atoms with E-state index in [0.29, 0.717) is 11.7 Å². The highest BCUT2D eigenvalue weighted by atomic mass is 35.5. The van der Waals surface area contributed by atoms with Crippen LogP contribution >= 0.6 is 23.8 Å². The Kier molecular flexibility index (Phi) is 6.39. The predicted molar refractivity (Wildman–Crippen MR) is 102 cm³/mol. The number of thiocarbonyl (C=S) groups is 1. The van der Waals surface area contributed by atoms with Crippen LogP contribution in [0.25, 0.3) is 0 Å². The van der Waals surface area contributed by atoms with Gasteiger partial charge in [-0.3, -0.25) is 0 Å². The van der Waals surface area contributed by atoms with Crippen molar-refractivity contribution in [2.75, 3.05) is 26.0 Å². The van der Waals surface area contributed by atoms with Crippen LogP contribution in [0.4, 0.5) is 5.69 Å². The molecule has 0 radical (unpaired) electrons. The normalized spacial score (nSPS) is 12.0. The van der Waals surface area contributed by atoms with E-state index in [-0.39, 0.29) is 6.04 Å². The van der Waals surface area contributed by atoms with E-state index in [4.69, 9.17) is 23.8 Å². The van der Waals surface area contributed by atoms with E-state index < -0.39 is 0 Å². The number of anilines is 1. The van der Waals surface area contributed by atoms with Gasteiger partial charge in [-0.05, 0) is 42.9 Å². The maximum atomic E-state index is 6.34. The number of hydrogen-bond donors (Lipinski definition) is 3. The molecule has 0 aliphatic rings. The summed E-state index contributed by atoms with van der Waals surface area (Å²) in [7, 11) is 4.24. The lowest BCUT2D eigenvalue weighted by Gasteiger charge is -2.24. The predicted octanol–water partition coefficient (Wildman–Crippen LogP) is 2.82. The molecule has 0 aromatic heterocycles. The van der Waals surface area contributed by atoms with Crippen LogP contribution in [0.3, 0.4) is 0 Å². The first-order valence-corrected chi connectivity index (χ1v) is 8.42. The van der Waals surface area contributed by atoms with Gasteiger partial charge in [0.2, 0.25) is 0 Å². The summed E-state index contributed by atoms with van der Waals surface area (Å²) in [5.41, 5.74) is 3.32. The van der Waals surface area contributed by atoms with Crippen LogP contribution in [0.15, 0.2) is 48.5 Å². The Hall–Kier alpha value is -1.62. The third kappa shape index (κ3) is 5.20. The summed E-state index contributed by atoms with van der Waals surface area (Å²) >= 11 is 11.7. The number of benzene rings is 2. The number of aryl methyl sites for hydroxylation is 1. The van der Waals surface area contributed by atoms with Gasteiger partial charge >= 0.3 is 0 Å². The van der Waals surface area contributed by atoms with Gasteiger partial charge in [0.1, 0.15) is 6.04 Å². The van der Waals surface area contributed by atoms with Crippen molar-refractivity contribution in [2.45, 2.75) is 13.0 Å². The van der Waals surface area contributed by atoms with E-state index in [2.05, 4.69) is 49.9 Å². The molecule has 122 valence electrons. The van der Waals surface area contributed by atoms with Crippen LogP contribution in [-0.4, -0.2) is 25.8 Å². The monoisotopic (exact) mass is 348 g/mol. The van der Waals surface area contributed by atoms with Crippen molar-refractivity contribution in [2.24, 2.45) is 0 Å². The molecular formula is C18H23ClN3S+. The average molecular weight is 349 g/mol. The minimum atomic E-state index is 0.223. The van der Waals surface area contributed by atoms with Crippen LogP contribution in [-0.2, 0) is 0 Å². The maximum Gasteiger partial charge on any atom is 0.171 e. The Morgan fingerprint density at radius 1 is 1.17 bits per heavy atom. The third-order valence-electron chi connectivity index (χ3n) is 3.72. The van der Waals surface area contributed by atoms with Crippen LogP contribution in [0, 0.1) is 6.92 Å². The minimum absolute atomic E-state index is 0.223. The molecule has 0 aliphatic carbocycles. The molecule has 0 bridgehead atoms. The first kappa shape index (κ1) is 17.7. The molecule has 2 aromatic rings. The summed E-state index contributed by atoms with van der Waals surface area (Å²) in [5, 5.41) is 7.93. The molecule has 1 atom stereocenters. The average Bonchev–Trinajstić information content (AvgIpc) is 2.49. The Morgan fingerprint density at radius 2 is 1.91 bits per heavy atom. The maximum absolute atomic E-state index is 6.34. The Bertz CT molecular complexity index is 673. The van der Waals surface area contributed by atoms with Gasteiger partial charge in [-0.25, -0.2) is 0 Å². The Balaban J connectivity index is 1.99. The number of nitrogens with one attached hydrogen (secondary N) is 3. The van der Waals surface area contributed by atoms with Crippen LogP contribution in [0.2, 0.25) is 5.02 Å². The standard InChI is InChI=1S/C18H22ClN3S/c1-13-7-6-8-14(11-13)21-18(23)20-12-17(22(2)3)15-9-4-5-10-16(15)19/h4-11,17H,12H2,1-3H3,(H2,20,21,23)/p+1/t17-/m0/s1. The van der Waals surface area contributed by atoms with Gasteiger partial charge in [0, 0.05) is 16.3 Å². The molecule has 0 spiro atoms. The molecule has 2 rings (SSSR count). The second-order valence-electron chi connectivity index (χ2n) is 5.86. The summed E-state index contributed by atoms with van der Waals surface area (Å²) in [6.45, 7) is 2.77. The van der Waals surface area contributed by atoms with Crippen molar-refractivity contribution in [1.82, 2.24) is 5.32 Å². The molecule has 0 fully saturated rings. The number of rotatable bonds is 5. The highest BCUT2D eigenvalue weighted by Gasteiger charge is 2.20. The minimum Gasteiger partial charge on any atom is -0.356 e. The van der Waals surface area contributed by atoms with Gasteiger partial charge in [-0.15, -0.1) is 0 Å². The Morgan fingerprint density at radius 3 is 2.57 bits per heavy atom. The van der Waals surface area contributed by atoms with E-state index in [1.807, 2.05) is 30.3 Å². The lowest BCUT2D eigenvalue weighted by molar-refractivity contribution is -0.890. The lowest BCUT2D eigenvalue weighted by Crippen LogP contribution is -3.07. The van der Waals surface area contributed by atoms with Crippen LogP contribution in [0.1, 0.15) is 17.2 Å². The smallest absolute Gasteiger partial charge is 0.171 e. The molecule has 0 saturated carbocycles.